The fourth-order valence-electron chi connectivity index (χ4n) is 3.16. The van der Waals surface area contributed by atoms with Crippen LogP contribution in [0.5, 0.6) is 5.75 Å². The van der Waals surface area contributed by atoms with E-state index in [-0.39, 0.29) is 6.54 Å². The van der Waals surface area contributed by atoms with Crippen LogP contribution in [0.15, 0.2) is 60.7 Å². The molecule has 0 N–H and O–H groups in total. The predicted octanol–water partition coefficient (Wildman–Crippen LogP) is 3.50. The van der Waals surface area contributed by atoms with E-state index in [2.05, 4.69) is 16.8 Å². The second-order valence-corrected chi connectivity index (χ2v) is 6.39. The zero-order valence-corrected chi connectivity index (χ0v) is 15.7. The molecule has 0 saturated carbocycles. The third kappa shape index (κ3) is 4.49. The summed E-state index contributed by atoms with van der Waals surface area (Å²) in [5.74, 6) is 0.776. The van der Waals surface area contributed by atoms with Crippen LogP contribution in [0.2, 0.25) is 0 Å². The Labute approximate surface area is 169 Å². The average Bonchev–Trinajstić information content (AvgIpc) is 3.28. The summed E-state index contributed by atoms with van der Waals surface area (Å²) in [6.07, 6.45) is 10.4. The molecule has 0 heterocycles. The summed E-state index contributed by atoms with van der Waals surface area (Å²) in [5.41, 5.74) is 11.0. The van der Waals surface area contributed by atoms with Gasteiger partial charge in [0.15, 0.2) is 0 Å². The first kappa shape index (κ1) is 19.8. The lowest BCUT2D eigenvalue weighted by molar-refractivity contribution is -0.134. The molecule has 6 heteroatoms. The van der Waals surface area contributed by atoms with Gasteiger partial charge in [-0.1, -0.05) is 48.4 Å². The molecular formula is C23H19N3O3. The van der Waals surface area contributed by atoms with Crippen molar-refractivity contribution in [2.24, 2.45) is 0 Å². The van der Waals surface area contributed by atoms with Crippen molar-refractivity contribution in [3.05, 3.63) is 71.8 Å². The molecule has 0 aromatic heterocycles. The molecule has 0 fully saturated rings. The van der Waals surface area contributed by atoms with Gasteiger partial charge in [-0.25, -0.2) is 4.79 Å². The minimum atomic E-state index is -1.05. The number of esters is 1. The molecule has 2 aromatic rings. The SMILES string of the molecule is C#CCN(C(=O)C(=[N+]=[N-])C(=O)Oc1ccccc1C1=CCCC1)c1ccccc1. The van der Waals surface area contributed by atoms with Crippen molar-refractivity contribution in [1.82, 2.24) is 0 Å². The number of para-hydroxylation sites is 2. The van der Waals surface area contributed by atoms with Gasteiger partial charge in [-0.15, -0.1) is 6.42 Å². The van der Waals surface area contributed by atoms with Gasteiger partial charge < -0.3 is 10.3 Å². The molecule has 0 unspecified atom stereocenters. The van der Waals surface area contributed by atoms with Crippen molar-refractivity contribution in [2.75, 3.05) is 11.4 Å². The summed E-state index contributed by atoms with van der Waals surface area (Å²) in [6, 6.07) is 15.6. The van der Waals surface area contributed by atoms with E-state index in [1.165, 1.54) is 4.90 Å². The molecule has 1 aliphatic carbocycles. The standard InChI is InChI=1S/C23H19N3O3/c1-2-16-26(18-12-4-3-5-13-18)22(27)21(25-24)23(28)29-20-15-9-8-14-19(20)17-10-6-7-11-17/h1,3-5,8-10,12-15H,6-7,11,16H2. The normalized spacial score (nSPS) is 12.3. The Balaban J connectivity index is 1.85. The van der Waals surface area contributed by atoms with Crippen LogP contribution in [0.3, 0.4) is 0 Å². The van der Waals surface area contributed by atoms with Crippen LogP contribution in [-0.4, -0.2) is 28.9 Å². The molecule has 6 nitrogen and oxygen atoms in total. The number of anilines is 1. The summed E-state index contributed by atoms with van der Waals surface area (Å²) in [7, 11) is 0. The first-order valence-electron chi connectivity index (χ1n) is 9.18. The van der Waals surface area contributed by atoms with Crippen molar-refractivity contribution >= 4 is 28.8 Å². The van der Waals surface area contributed by atoms with Gasteiger partial charge >= 0.3 is 17.6 Å². The van der Waals surface area contributed by atoms with E-state index in [0.29, 0.717) is 11.4 Å². The van der Waals surface area contributed by atoms with Gasteiger partial charge in [0, 0.05) is 11.3 Å². The summed E-state index contributed by atoms with van der Waals surface area (Å²) in [6.45, 7) is -0.0986. The van der Waals surface area contributed by atoms with Gasteiger partial charge in [-0.2, -0.15) is 4.79 Å². The Morgan fingerprint density at radius 3 is 2.52 bits per heavy atom. The molecule has 0 spiro atoms. The number of carbonyl (C=O) groups is 2. The maximum atomic E-state index is 12.9. The highest BCUT2D eigenvalue weighted by Crippen LogP contribution is 2.33. The third-order valence-corrected chi connectivity index (χ3v) is 4.53. The third-order valence-electron chi connectivity index (χ3n) is 4.53. The molecule has 29 heavy (non-hydrogen) atoms. The van der Waals surface area contributed by atoms with Gasteiger partial charge in [0.2, 0.25) is 0 Å². The Hall–Kier alpha value is -3.94. The number of nitrogens with zero attached hydrogens (tertiary/aromatic N) is 3. The number of allylic oxidation sites excluding steroid dienone is 2. The van der Waals surface area contributed by atoms with Gasteiger partial charge in [0.25, 0.3) is 0 Å². The lowest BCUT2D eigenvalue weighted by Crippen LogP contribution is -2.42. The number of carbonyl (C=O) groups excluding carboxylic acids is 2. The molecule has 2 aromatic carbocycles. The fourth-order valence-corrected chi connectivity index (χ4v) is 3.16. The summed E-state index contributed by atoms with van der Waals surface area (Å²) >= 11 is 0. The maximum Gasteiger partial charge on any atom is 0.463 e. The monoisotopic (exact) mass is 385 g/mol. The first-order chi connectivity index (χ1) is 14.2. The van der Waals surface area contributed by atoms with E-state index in [1.807, 2.05) is 12.1 Å². The van der Waals surface area contributed by atoms with Gasteiger partial charge in [0.1, 0.15) is 5.75 Å². The highest BCUT2D eigenvalue weighted by atomic mass is 16.5. The molecule has 1 amide bonds. The van der Waals surface area contributed by atoms with E-state index in [0.717, 1.165) is 30.4 Å². The Morgan fingerprint density at radius 1 is 1.14 bits per heavy atom. The molecule has 3 rings (SSSR count). The van der Waals surface area contributed by atoms with Gasteiger partial charge in [-0.05, 0) is 43.0 Å². The topological polar surface area (TPSA) is 83.0 Å². The number of rotatable bonds is 6. The summed E-state index contributed by atoms with van der Waals surface area (Å²) in [4.78, 5) is 29.6. The Morgan fingerprint density at radius 2 is 1.86 bits per heavy atom. The van der Waals surface area contributed by atoms with Crippen LogP contribution in [0.1, 0.15) is 24.8 Å². The van der Waals surface area contributed by atoms with Gasteiger partial charge in [-0.3, -0.25) is 9.69 Å². The number of benzene rings is 2. The van der Waals surface area contributed by atoms with Crippen molar-refractivity contribution in [3.8, 4) is 18.1 Å². The molecule has 0 aliphatic heterocycles. The lowest BCUT2D eigenvalue weighted by atomic mass is 10.0. The molecule has 0 atom stereocenters. The highest BCUT2D eigenvalue weighted by molar-refractivity contribution is 6.64. The smallest absolute Gasteiger partial charge is 0.417 e. The number of hydrogen-bond acceptors (Lipinski definition) is 3. The van der Waals surface area contributed by atoms with Gasteiger partial charge in [0.05, 0.1) is 6.54 Å². The van der Waals surface area contributed by atoms with Crippen molar-refractivity contribution in [3.63, 3.8) is 0 Å². The second-order valence-electron chi connectivity index (χ2n) is 6.39. The molecule has 144 valence electrons. The number of amides is 1. The number of hydrogen-bond donors (Lipinski definition) is 0. The zero-order chi connectivity index (χ0) is 20.6. The second kappa shape index (κ2) is 9.32. The van der Waals surface area contributed by atoms with Crippen LogP contribution in [0, 0.1) is 12.3 Å². The van der Waals surface area contributed by atoms with Crippen molar-refractivity contribution < 1.29 is 19.1 Å². The predicted molar refractivity (Wildman–Crippen MR) is 110 cm³/mol. The lowest BCUT2D eigenvalue weighted by Gasteiger charge is -2.17. The summed E-state index contributed by atoms with van der Waals surface area (Å²) in [5, 5.41) is 0. The van der Waals surface area contributed by atoms with E-state index in [1.54, 1.807) is 42.5 Å². The molecular weight excluding hydrogens is 366 g/mol. The van der Waals surface area contributed by atoms with E-state index in [9.17, 15) is 15.1 Å². The van der Waals surface area contributed by atoms with Crippen LogP contribution < -0.4 is 9.64 Å². The first-order valence-corrected chi connectivity index (χ1v) is 9.18. The molecule has 0 bridgehead atoms. The quantitative estimate of drug-likeness (QED) is 0.145. The van der Waals surface area contributed by atoms with Crippen LogP contribution in [-0.2, 0) is 9.59 Å². The Kier molecular flexibility index (Phi) is 6.36. The van der Waals surface area contributed by atoms with Crippen molar-refractivity contribution in [2.45, 2.75) is 19.3 Å². The van der Waals surface area contributed by atoms with E-state index >= 15 is 0 Å². The molecule has 0 radical (unpaired) electrons. The molecule has 0 saturated heterocycles. The largest absolute Gasteiger partial charge is 0.463 e. The maximum absolute atomic E-state index is 12.9. The number of terminal acetylenes is 1. The minimum absolute atomic E-state index is 0.0986. The Bertz CT molecular complexity index is 1040. The minimum Gasteiger partial charge on any atom is -0.417 e. The van der Waals surface area contributed by atoms with E-state index in [4.69, 9.17) is 11.2 Å². The fraction of sp³-hybridized carbons (Fsp3) is 0.174. The average molecular weight is 385 g/mol. The molecule has 1 aliphatic rings. The summed E-state index contributed by atoms with van der Waals surface area (Å²) < 4.78 is 5.43. The highest BCUT2D eigenvalue weighted by Gasteiger charge is 2.37. The van der Waals surface area contributed by atoms with Crippen molar-refractivity contribution in [1.29, 1.82) is 0 Å². The zero-order valence-electron chi connectivity index (χ0n) is 15.7. The van der Waals surface area contributed by atoms with Crippen LogP contribution >= 0.6 is 0 Å². The van der Waals surface area contributed by atoms with Crippen LogP contribution in [0.4, 0.5) is 5.69 Å². The number of ether oxygens (including phenoxy) is 1. The van der Waals surface area contributed by atoms with Crippen LogP contribution in [0.25, 0.3) is 11.1 Å². The van der Waals surface area contributed by atoms with E-state index < -0.39 is 17.6 Å².